The maximum atomic E-state index is 12.2. The molecule has 0 radical (unpaired) electrons. The Kier molecular flexibility index (Phi) is 4.65. The van der Waals surface area contributed by atoms with Gasteiger partial charge in [-0.3, -0.25) is 9.40 Å². The highest BCUT2D eigenvalue weighted by Crippen LogP contribution is 2.25. The van der Waals surface area contributed by atoms with Gasteiger partial charge < -0.3 is 4.74 Å². The van der Waals surface area contributed by atoms with Crippen molar-refractivity contribution in [1.82, 2.24) is 9.78 Å². The fraction of sp³-hybridized carbons (Fsp3) is 0.308. The molecule has 22 heavy (non-hydrogen) atoms. The molecule has 0 aliphatic rings. The molecule has 0 amide bonds. The maximum absolute atomic E-state index is 12.2. The Balaban J connectivity index is 2.21. The van der Waals surface area contributed by atoms with Crippen LogP contribution in [0.4, 0.5) is 14.5 Å². The lowest BCUT2D eigenvalue weighted by Crippen LogP contribution is -2.13. The van der Waals surface area contributed by atoms with Crippen LogP contribution in [0, 0.1) is 6.92 Å². The lowest BCUT2D eigenvalue weighted by molar-refractivity contribution is 0.0816. The molecule has 1 aromatic heterocycles. The molecule has 6 nitrogen and oxygen atoms in total. The second-order valence-corrected chi connectivity index (χ2v) is 6.32. The lowest BCUT2D eigenvalue weighted by atomic mass is 10.2. The summed E-state index contributed by atoms with van der Waals surface area (Å²) in [6, 6.07) is 4.48. The molecular weight excluding hydrogens is 316 g/mol. The van der Waals surface area contributed by atoms with Crippen LogP contribution in [0.1, 0.15) is 5.56 Å². The summed E-state index contributed by atoms with van der Waals surface area (Å²) in [5.41, 5.74) is 0.851. The van der Waals surface area contributed by atoms with Crippen LogP contribution in [0.3, 0.4) is 0 Å². The highest BCUT2D eigenvalue weighted by molar-refractivity contribution is 7.92. The summed E-state index contributed by atoms with van der Waals surface area (Å²) in [5, 5.41) is 3.79. The number of ether oxygens (including phenoxy) is 1. The smallest absolute Gasteiger partial charge is 0.272 e. The quantitative estimate of drug-likeness (QED) is 0.880. The standard InChI is InChI=1S/C13H15F2N3O3S/c1-9-3-4-10(5-12(9)21-8-13(14)15)17-22(19,20)11-6-16-18(2)7-11/h3-7,13,17H,8H2,1-2H3. The molecule has 120 valence electrons. The van der Waals surface area contributed by atoms with Gasteiger partial charge in [-0.2, -0.15) is 5.10 Å². The Morgan fingerprint density at radius 1 is 1.41 bits per heavy atom. The van der Waals surface area contributed by atoms with Crippen molar-refractivity contribution < 1.29 is 21.9 Å². The van der Waals surface area contributed by atoms with Crippen molar-refractivity contribution in [2.75, 3.05) is 11.3 Å². The van der Waals surface area contributed by atoms with E-state index in [1.807, 2.05) is 0 Å². The predicted molar refractivity (Wildman–Crippen MR) is 76.7 cm³/mol. The van der Waals surface area contributed by atoms with E-state index in [0.717, 1.165) is 0 Å². The van der Waals surface area contributed by atoms with Crippen LogP contribution in [0.25, 0.3) is 0 Å². The number of rotatable bonds is 6. The minimum Gasteiger partial charge on any atom is -0.487 e. The molecule has 0 saturated carbocycles. The fourth-order valence-electron chi connectivity index (χ4n) is 1.72. The SMILES string of the molecule is Cc1ccc(NS(=O)(=O)c2cnn(C)c2)cc1OCC(F)F. The van der Waals surface area contributed by atoms with Gasteiger partial charge in [0.2, 0.25) is 0 Å². The molecule has 0 saturated heterocycles. The van der Waals surface area contributed by atoms with Crippen molar-refractivity contribution in [2.24, 2.45) is 7.05 Å². The summed E-state index contributed by atoms with van der Waals surface area (Å²) in [6.45, 7) is 0.930. The first-order valence-electron chi connectivity index (χ1n) is 6.31. The topological polar surface area (TPSA) is 73.2 Å². The van der Waals surface area contributed by atoms with Crippen LogP contribution < -0.4 is 9.46 Å². The third kappa shape index (κ3) is 3.94. The number of alkyl halides is 2. The van der Waals surface area contributed by atoms with Gasteiger partial charge in [-0.05, 0) is 18.6 Å². The van der Waals surface area contributed by atoms with Crippen LogP contribution >= 0.6 is 0 Å². The highest BCUT2D eigenvalue weighted by atomic mass is 32.2. The Morgan fingerprint density at radius 2 is 2.14 bits per heavy atom. The fourth-order valence-corrected chi connectivity index (χ4v) is 2.76. The van der Waals surface area contributed by atoms with Crippen molar-refractivity contribution in [2.45, 2.75) is 18.2 Å². The number of aryl methyl sites for hydroxylation is 2. The Labute approximate surface area is 126 Å². The molecule has 0 aliphatic heterocycles. The van der Waals surface area contributed by atoms with Crippen molar-refractivity contribution in [1.29, 1.82) is 0 Å². The minimum absolute atomic E-state index is 0.00521. The highest BCUT2D eigenvalue weighted by Gasteiger charge is 2.17. The molecule has 0 bridgehead atoms. The van der Waals surface area contributed by atoms with E-state index < -0.39 is 23.1 Å². The summed E-state index contributed by atoms with van der Waals surface area (Å²) in [5.74, 6) is 0.201. The second-order valence-electron chi connectivity index (χ2n) is 4.64. The first-order chi connectivity index (χ1) is 10.3. The number of hydrogen-bond donors (Lipinski definition) is 1. The van der Waals surface area contributed by atoms with Gasteiger partial charge in [-0.15, -0.1) is 0 Å². The Morgan fingerprint density at radius 3 is 2.73 bits per heavy atom. The molecule has 0 unspecified atom stereocenters. The number of anilines is 1. The van der Waals surface area contributed by atoms with Crippen molar-refractivity contribution >= 4 is 15.7 Å². The van der Waals surface area contributed by atoms with E-state index in [1.54, 1.807) is 20.0 Å². The predicted octanol–water partition coefficient (Wildman–Crippen LogP) is 2.17. The summed E-state index contributed by atoms with van der Waals surface area (Å²) >= 11 is 0. The van der Waals surface area contributed by atoms with E-state index in [0.29, 0.717) is 5.56 Å². The molecule has 1 N–H and O–H groups in total. The van der Waals surface area contributed by atoms with E-state index in [1.165, 1.54) is 29.2 Å². The van der Waals surface area contributed by atoms with E-state index in [9.17, 15) is 17.2 Å². The largest absolute Gasteiger partial charge is 0.487 e. The number of nitrogens with zero attached hydrogens (tertiary/aromatic N) is 2. The molecule has 1 aromatic carbocycles. The number of halogens is 2. The van der Waals surface area contributed by atoms with Gasteiger partial charge in [-0.25, -0.2) is 17.2 Å². The average Bonchev–Trinajstić information content (AvgIpc) is 2.86. The van der Waals surface area contributed by atoms with Crippen LogP contribution in [0.15, 0.2) is 35.5 Å². The van der Waals surface area contributed by atoms with Gasteiger partial charge >= 0.3 is 0 Å². The first kappa shape index (κ1) is 16.2. The third-order valence-corrected chi connectivity index (χ3v) is 4.13. The number of nitrogens with one attached hydrogen (secondary N) is 1. The monoisotopic (exact) mass is 331 g/mol. The van der Waals surface area contributed by atoms with Crippen molar-refractivity contribution in [3.63, 3.8) is 0 Å². The lowest BCUT2D eigenvalue weighted by Gasteiger charge is -2.12. The first-order valence-corrected chi connectivity index (χ1v) is 7.79. The summed E-state index contributed by atoms with van der Waals surface area (Å²) < 4.78 is 57.4. The number of benzene rings is 1. The van der Waals surface area contributed by atoms with Crippen LogP contribution in [0.5, 0.6) is 5.75 Å². The number of sulfonamides is 1. The van der Waals surface area contributed by atoms with Gasteiger partial charge in [0.05, 0.1) is 11.9 Å². The van der Waals surface area contributed by atoms with E-state index in [4.69, 9.17) is 4.74 Å². The zero-order valence-electron chi connectivity index (χ0n) is 12.0. The van der Waals surface area contributed by atoms with Gasteiger partial charge in [0, 0.05) is 19.3 Å². The Hall–Kier alpha value is -2.16. The molecule has 0 spiro atoms. The Bertz CT molecular complexity index is 760. The number of hydrogen-bond acceptors (Lipinski definition) is 4. The van der Waals surface area contributed by atoms with Crippen molar-refractivity contribution in [3.8, 4) is 5.75 Å². The van der Waals surface area contributed by atoms with Gasteiger partial charge in [0.15, 0.2) is 0 Å². The van der Waals surface area contributed by atoms with Gasteiger partial charge in [0.25, 0.3) is 16.4 Å². The summed E-state index contributed by atoms with van der Waals surface area (Å²) in [6.07, 6.45) is -0.0368. The van der Waals surface area contributed by atoms with Crippen molar-refractivity contribution in [3.05, 3.63) is 36.2 Å². The number of aromatic nitrogens is 2. The van der Waals surface area contributed by atoms with E-state index in [2.05, 4.69) is 9.82 Å². The van der Waals surface area contributed by atoms with Crippen LogP contribution in [0.2, 0.25) is 0 Å². The molecule has 2 aromatic rings. The zero-order chi connectivity index (χ0) is 16.3. The normalized spacial score (nSPS) is 11.7. The molecular formula is C13H15F2N3O3S. The average molecular weight is 331 g/mol. The van der Waals surface area contributed by atoms with Crippen LogP contribution in [-0.4, -0.2) is 31.2 Å². The minimum atomic E-state index is -3.79. The molecule has 9 heteroatoms. The van der Waals surface area contributed by atoms with Crippen LogP contribution in [-0.2, 0) is 17.1 Å². The summed E-state index contributed by atoms with van der Waals surface area (Å²) in [4.78, 5) is 0.00521. The van der Waals surface area contributed by atoms with E-state index in [-0.39, 0.29) is 16.3 Å². The molecule has 0 fully saturated rings. The second kappa shape index (κ2) is 6.30. The van der Waals surface area contributed by atoms with Gasteiger partial charge in [0.1, 0.15) is 17.3 Å². The van der Waals surface area contributed by atoms with Gasteiger partial charge in [-0.1, -0.05) is 6.07 Å². The van der Waals surface area contributed by atoms with E-state index >= 15 is 0 Å². The molecule has 0 atom stereocenters. The maximum Gasteiger partial charge on any atom is 0.272 e. The molecule has 1 heterocycles. The third-order valence-electron chi connectivity index (χ3n) is 2.80. The molecule has 0 aliphatic carbocycles. The zero-order valence-corrected chi connectivity index (χ0v) is 12.8. The molecule has 2 rings (SSSR count). The summed E-state index contributed by atoms with van der Waals surface area (Å²) in [7, 11) is -2.19.